The third-order valence-corrected chi connectivity index (χ3v) is 3.88. The van der Waals surface area contributed by atoms with Crippen LogP contribution in [-0.2, 0) is 15.6 Å². The average Bonchev–Trinajstić information content (AvgIpc) is 2.13. The second-order valence-electron chi connectivity index (χ2n) is 4.06. The van der Waals surface area contributed by atoms with Gasteiger partial charge < -0.3 is 0 Å². The molecule has 0 aliphatic carbocycles. The van der Waals surface area contributed by atoms with Crippen molar-refractivity contribution in [1.29, 1.82) is 0 Å². The number of Topliss-reactive ketones (excluding diaryl/α,β-unsaturated/α-hetero) is 1. The Morgan fingerprint density at radius 2 is 2.14 bits per heavy atom. The number of likely N-dealkylation sites (tertiary alicyclic amines) is 1. The number of rotatable bonds is 3. The number of hydrogen-bond donors (Lipinski definition) is 0. The average molecular weight is 217 g/mol. The summed E-state index contributed by atoms with van der Waals surface area (Å²) >= 11 is 0. The molecule has 1 fully saturated rings. The molecule has 14 heavy (non-hydrogen) atoms. The Morgan fingerprint density at radius 1 is 1.50 bits per heavy atom. The molecule has 4 heteroatoms. The first-order valence-corrected chi connectivity index (χ1v) is 6.82. The van der Waals surface area contributed by atoms with Gasteiger partial charge in [0.2, 0.25) is 0 Å². The van der Waals surface area contributed by atoms with E-state index in [1.807, 2.05) is 6.92 Å². The molecule has 1 saturated heterocycles. The van der Waals surface area contributed by atoms with Crippen LogP contribution in [0.2, 0.25) is 0 Å². The number of ketones is 1. The Balaban J connectivity index is 2.46. The quantitative estimate of drug-likeness (QED) is 0.697. The third kappa shape index (κ3) is 2.89. The van der Waals surface area contributed by atoms with Gasteiger partial charge in [-0.15, -0.1) is 0 Å². The number of carbonyl (C=O) groups is 1. The molecule has 0 aromatic carbocycles. The summed E-state index contributed by atoms with van der Waals surface area (Å²) in [6, 6.07) is 0.305. The summed E-state index contributed by atoms with van der Waals surface area (Å²) in [5.74, 6) is 1.21. The zero-order valence-electron chi connectivity index (χ0n) is 9.16. The van der Waals surface area contributed by atoms with Gasteiger partial charge in [-0.2, -0.15) is 0 Å². The second-order valence-corrected chi connectivity index (χ2v) is 5.61. The van der Waals surface area contributed by atoms with E-state index in [4.69, 9.17) is 0 Å². The lowest BCUT2D eigenvalue weighted by molar-refractivity contribution is -0.127. The molecule has 3 unspecified atom stereocenters. The van der Waals surface area contributed by atoms with Crippen LogP contribution >= 0.6 is 0 Å². The summed E-state index contributed by atoms with van der Waals surface area (Å²) in [7, 11) is -0.729. The fraction of sp³-hybridized carbons (Fsp3) is 0.900. The van der Waals surface area contributed by atoms with Gasteiger partial charge in [0.05, 0.1) is 0 Å². The fourth-order valence-corrected chi connectivity index (χ4v) is 2.32. The zero-order valence-corrected chi connectivity index (χ0v) is 9.97. The number of nitrogens with zero attached hydrogens (tertiary/aromatic N) is 1. The number of carbonyl (C=O) groups excluding carboxylic acids is 1. The summed E-state index contributed by atoms with van der Waals surface area (Å²) in [5, 5.41) is 0. The molecule has 0 spiro atoms. The molecule has 1 heterocycles. The van der Waals surface area contributed by atoms with E-state index in [2.05, 4.69) is 11.8 Å². The summed E-state index contributed by atoms with van der Waals surface area (Å²) < 4.78 is 11.0. The van der Waals surface area contributed by atoms with E-state index in [0.717, 1.165) is 13.1 Å². The van der Waals surface area contributed by atoms with Crippen molar-refractivity contribution in [3.8, 4) is 0 Å². The first kappa shape index (κ1) is 11.9. The van der Waals surface area contributed by atoms with Crippen molar-refractivity contribution in [1.82, 2.24) is 4.90 Å². The van der Waals surface area contributed by atoms with E-state index in [9.17, 15) is 9.00 Å². The maximum Gasteiger partial charge on any atom is 0.138 e. The minimum atomic E-state index is -0.729. The van der Waals surface area contributed by atoms with Crippen molar-refractivity contribution in [3.05, 3.63) is 0 Å². The van der Waals surface area contributed by atoms with Crippen molar-refractivity contribution in [2.24, 2.45) is 5.92 Å². The van der Waals surface area contributed by atoms with E-state index in [1.165, 1.54) is 0 Å². The second kappa shape index (κ2) is 5.03. The molecule has 0 saturated carbocycles. The molecule has 1 aliphatic rings. The van der Waals surface area contributed by atoms with Crippen molar-refractivity contribution in [3.63, 3.8) is 0 Å². The van der Waals surface area contributed by atoms with Gasteiger partial charge in [0, 0.05) is 54.3 Å². The van der Waals surface area contributed by atoms with Crippen LogP contribution in [-0.4, -0.2) is 46.0 Å². The molecule has 0 radical (unpaired) electrons. The van der Waals surface area contributed by atoms with Crippen LogP contribution in [0.3, 0.4) is 0 Å². The zero-order chi connectivity index (χ0) is 10.7. The first-order chi connectivity index (χ1) is 6.52. The first-order valence-electron chi connectivity index (χ1n) is 5.09. The van der Waals surface area contributed by atoms with E-state index >= 15 is 0 Å². The van der Waals surface area contributed by atoms with Crippen LogP contribution in [0.5, 0.6) is 0 Å². The Bertz CT molecular complexity index is 242. The predicted molar refractivity (Wildman–Crippen MR) is 58.8 cm³/mol. The van der Waals surface area contributed by atoms with Gasteiger partial charge in [-0.05, 0) is 6.92 Å². The van der Waals surface area contributed by atoms with Crippen molar-refractivity contribution in [2.75, 3.05) is 25.1 Å². The molecule has 3 nitrogen and oxygen atoms in total. The Morgan fingerprint density at radius 3 is 2.71 bits per heavy atom. The molecule has 0 bridgehead atoms. The summed E-state index contributed by atoms with van der Waals surface area (Å²) in [5.41, 5.74) is 0. The monoisotopic (exact) mass is 217 g/mol. The van der Waals surface area contributed by atoms with Crippen LogP contribution in [0.15, 0.2) is 0 Å². The molecular formula is C10H19NO2S. The third-order valence-electron chi connectivity index (χ3n) is 3.12. The van der Waals surface area contributed by atoms with Gasteiger partial charge >= 0.3 is 0 Å². The highest BCUT2D eigenvalue weighted by molar-refractivity contribution is 7.84. The van der Waals surface area contributed by atoms with E-state index < -0.39 is 10.8 Å². The Labute approximate surface area is 88.3 Å². The lowest BCUT2D eigenvalue weighted by Gasteiger charge is -2.36. The molecule has 3 atom stereocenters. The van der Waals surface area contributed by atoms with Gasteiger partial charge in [-0.25, -0.2) is 0 Å². The molecule has 1 rings (SSSR count). The fourth-order valence-electron chi connectivity index (χ4n) is 1.83. The molecule has 0 N–H and O–H groups in total. The highest BCUT2D eigenvalue weighted by Gasteiger charge is 2.30. The lowest BCUT2D eigenvalue weighted by atomic mass is 9.91. The molecule has 0 amide bonds. The Hall–Kier alpha value is -0.220. The highest BCUT2D eigenvalue weighted by atomic mass is 32.2. The van der Waals surface area contributed by atoms with Crippen molar-refractivity contribution >= 4 is 16.6 Å². The SMILES string of the molecule is CC1C(=O)CCN(CCS(C)=O)C1C. The van der Waals surface area contributed by atoms with Crippen LogP contribution in [0, 0.1) is 5.92 Å². The van der Waals surface area contributed by atoms with Crippen LogP contribution in [0.4, 0.5) is 0 Å². The summed E-state index contributed by atoms with van der Waals surface area (Å²) in [6.07, 6.45) is 2.38. The predicted octanol–water partition coefficient (Wildman–Crippen LogP) is 0.664. The van der Waals surface area contributed by atoms with Crippen LogP contribution < -0.4 is 0 Å². The molecule has 1 aliphatic heterocycles. The molecule has 0 aromatic rings. The lowest BCUT2D eigenvalue weighted by Crippen LogP contribution is -2.47. The minimum Gasteiger partial charge on any atom is -0.299 e. The normalized spacial score (nSPS) is 31.8. The maximum absolute atomic E-state index is 11.4. The van der Waals surface area contributed by atoms with E-state index in [-0.39, 0.29) is 5.92 Å². The molecule has 0 aromatic heterocycles. The van der Waals surface area contributed by atoms with Gasteiger partial charge in [0.15, 0.2) is 0 Å². The van der Waals surface area contributed by atoms with Gasteiger partial charge in [-0.1, -0.05) is 6.92 Å². The molecular weight excluding hydrogens is 198 g/mol. The highest BCUT2D eigenvalue weighted by Crippen LogP contribution is 2.19. The van der Waals surface area contributed by atoms with E-state index in [0.29, 0.717) is 24.0 Å². The maximum atomic E-state index is 11.4. The van der Waals surface area contributed by atoms with Gasteiger partial charge in [0.1, 0.15) is 5.78 Å². The number of piperidine rings is 1. The standard InChI is InChI=1S/C10H19NO2S/c1-8-9(2)11(5-4-10(8)12)6-7-14(3)13/h8-9H,4-7H2,1-3H3. The van der Waals surface area contributed by atoms with Crippen LogP contribution in [0.1, 0.15) is 20.3 Å². The minimum absolute atomic E-state index is 0.133. The van der Waals surface area contributed by atoms with Crippen LogP contribution in [0.25, 0.3) is 0 Å². The molecule has 82 valence electrons. The largest absolute Gasteiger partial charge is 0.299 e. The number of hydrogen-bond acceptors (Lipinski definition) is 3. The summed E-state index contributed by atoms with van der Waals surface area (Å²) in [6.45, 7) is 5.76. The summed E-state index contributed by atoms with van der Waals surface area (Å²) in [4.78, 5) is 13.7. The van der Waals surface area contributed by atoms with Crippen molar-refractivity contribution < 1.29 is 9.00 Å². The smallest absolute Gasteiger partial charge is 0.138 e. The Kier molecular flexibility index (Phi) is 4.26. The topological polar surface area (TPSA) is 37.4 Å². The van der Waals surface area contributed by atoms with Gasteiger partial charge in [0.25, 0.3) is 0 Å². The van der Waals surface area contributed by atoms with E-state index in [1.54, 1.807) is 6.26 Å². The van der Waals surface area contributed by atoms with Gasteiger partial charge in [-0.3, -0.25) is 13.9 Å². The van der Waals surface area contributed by atoms with Crippen molar-refractivity contribution in [2.45, 2.75) is 26.3 Å².